The minimum absolute atomic E-state index is 0.427. The molecule has 1 heteroatoms. The molecule has 0 spiro atoms. The van der Waals surface area contributed by atoms with Crippen LogP contribution < -0.4 is 4.90 Å². The first-order valence-electron chi connectivity index (χ1n) is 7.33. The molecule has 1 nitrogen and oxygen atoms in total. The third-order valence-corrected chi connectivity index (χ3v) is 3.63. The van der Waals surface area contributed by atoms with Gasteiger partial charge in [0.15, 0.2) is 0 Å². The Hall–Kier alpha value is -1.76. The number of anilines is 2. The van der Waals surface area contributed by atoms with Crippen LogP contribution in [0, 0.1) is 27.7 Å². The summed E-state index contributed by atoms with van der Waals surface area (Å²) >= 11 is 0. The zero-order chi connectivity index (χ0) is 14.9. The van der Waals surface area contributed by atoms with Gasteiger partial charge in [-0.05, 0) is 82.0 Å². The highest BCUT2D eigenvalue weighted by Gasteiger charge is 2.16. The number of benzene rings is 2. The Morgan fingerprint density at radius 2 is 1.35 bits per heavy atom. The first-order chi connectivity index (χ1) is 9.38. The number of hydrogen-bond donors (Lipinski definition) is 0. The van der Waals surface area contributed by atoms with Crippen LogP contribution in [0.5, 0.6) is 0 Å². The highest BCUT2D eigenvalue weighted by molar-refractivity contribution is 5.68. The minimum Gasteiger partial charge on any atom is -0.339 e. The van der Waals surface area contributed by atoms with E-state index in [9.17, 15) is 0 Å². The molecule has 0 aliphatic carbocycles. The fourth-order valence-corrected chi connectivity index (χ4v) is 2.78. The van der Waals surface area contributed by atoms with Crippen LogP contribution in [0.1, 0.15) is 36.1 Å². The molecule has 2 aromatic carbocycles. The summed E-state index contributed by atoms with van der Waals surface area (Å²) in [6.45, 7) is 13.2. The molecule has 106 valence electrons. The van der Waals surface area contributed by atoms with Crippen LogP contribution in [0.25, 0.3) is 0 Å². The second-order valence-corrected chi connectivity index (χ2v) is 6.10. The van der Waals surface area contributed by atoms with E-state index in [1.165, 1.54) is 33.6 Å². The predicted molar refractivity (Wildman–Crippen MR) is 89.1 cm³/mol. The molecule has 0 unspecified atom stereocenters. The van der Waals surface area contributed by atoms with Gasteiger partial charge in [0.25, 0.3) is 0 Å². The summed E-state index contributed by atoms with van der Waals surface area (Å²) in [6.07, 6.45) is 0. The number of nitrogens with zero attached hydrogens (tertiary/aromatic N) is 1. The second-order valence-electron chi connectivity index (χ2n) is 6.10. The standard InChI is InChI=1S/C19H25N/c1-13(2)20(18-10-15(4)9-16(5)11-18)19-12-14(3)7-8-17(19)6/h7-13H,1-6H3. The molecule has 2 aromatic rings. The van der Waals surface area contributed by atoms with Crippen molar-refractivity contribution in [3.63, 3.8) is 0 Å². The van der Waals surface area contributed by atoms with Crippen molar-refractivity contribution in [1.29, 1.82) is 0 Å². The molecule has 0 atom stereocenters. The summed E-state index contributed by atoms with van der Waals surface area (Å²) in [5, 5.41) is 0. The van der Waals surface area contributed by atoms with Crippen LogP contribution in [0.15, 0.2) is 36.4 Å². The second kappa shape index (κ2) is 5.70. The summed E-state index contributed by atoms with van der Waals surface area (Å²) in [5.41, 5.74) is 7.85. The maximum absolute atomic E-state index is 2.43. The number of aryl methyl sites for hydroxylation is 4. The first kappa shape index (κ1) is 14.6. The molecule has 0 saturated carbocycles. The Bertz CT molecular complexity index is 591. The molecule has 20 heavy (non-hydrogen) atoms. The van der Waals surface area contributed by atoms with Crippen LogP contribution in [-0.4, -0.2) is 6.04 Å². The van der Waals surface area contributed by atoms with Gasteiger partial charge in [0.1, 0.15) is 0 Å². The van der Waals surface area contributed by atoms with Gasteiger partial charge in [0.05, 0.1) is 0 Å². The monoisotopic (exact) mass is 267 g/mol. The Morgan fingerprint density at radius 1 is 0.750 bits per heavy atom. The van der Waals surface area contributed by atoms with Crippen LogP contribution >= 0.6 is 0 Å². The molecule has 0 heterocycles. The van der Waals surface area contributed by atoms with Crippen molar-refractivity contribution in [3.8, 4) is 0 Å². The summed E-state index contributed by atoms with van der Waals surface area (Å²) in [5.74, 6) is 0. The van der Waals surface area contributed by atoms with Gasteiger partial charge in [-0.1, -0.05) is 18.2 Å². The largest absolute Gasteiger partial charge is 0.339 e. The molecular formula is C19H25N. The van der Waals surface area contributed by atoms with Crippen molar-refractivity contribution in [1.82, 2.24) is 0 Å². The fraction of sp³-hybridized carbons (Fsp3) is 0.368. The lowest BCUT2D eigenvalue weighted by atomic mass is 10.1. The van der Waals surface area contributed by atoms with Crippen molar-refractivity contribution in [2.75, 3.05) is 4.90 Å². The van der Waals surface area contributed by atoms with E-state index in [2.05, 4.69) is 82.8 Å². The Kier molecular flexibility index (Phi) is 4.17. The molecule has 0 bridgehead atoms. The third kappa shape index (κ3) is 3.04. The van der Waals surface area contributed by atoms with Crippen LogP contribution in [0.3, 0.4) is 0 Å². The molecule has 0 amide bonds. The van der Waals surface area contributed by atoms with E-state index >= 15 is 0 Å². The van der Waals surface area contributed by atoms with Crippen molar-refractivity contribution >= 4 is 11.4 Å². The number of rotatable bonds is 3. The van der Waals surface area contributed by atoms with E-state index in [1.54, 1.807) is 0 Å². The third-order valence-electron chi connectivity index (χ3n) is 3.63. The van der Waals surface area contributed by atoms with E-state index in [1.807, 2.05) is 0 Å². The fourth-order valence-electron chi connectivity index (χ4n) is 2.78. The molecule has 0 aliphatic rings. The topological polar surface area (TPSA) is 3.24 Å². The highest BCUT2D eigenvalue weighted by atomic mass is 15.2. The van der Waals surface area contributed by atoms with Crippen LogP contribution in [0.4, 0.5) is 11.4 Å². The smallest absolute Gasteiger partial charge is 0.0445 e. The zero-order valence-electron chi connectivity index (χ0n) is 13.5. The molecule has 2 rings (SSSR count). The minimum atomic E-state index is 0.427. The van der Waals surface area contributed by atoms with E-state index in [4.69, 9.17) is 0 Å². The van der Waals surface area contributed by atoms with Crippen molar-refractivity contribution in [3.05, 3.63) is 58.7 Å². The summed E-state index contributed by atoms with van der Waals surface area (Å²) in [7, 11) is 0. The normalized spacial score (nSPS) is 10.9. The van der Waals surface area contributed by atoms with E-state index in [-0.39, 0.29) is 0 Å². The average Bonchev–Trinajstić information content (AvgIpc) is 2.32. The molecule has 0 aromatic heterocycles. The van der Waals surface area contributed by atoms with Crippen molar-refractivity contribution in [2.45, 2.75) is 47.6 Å². The van der Waals surface area contributed by atoms with Gasteiger partial charge in [-0.15, -0.1) is 0 Å². The number of hydrogen-bond acceptors (Lipinski definition) is 1. The molecule has 0 saturated heterocycles. The quantitative estimate of drug-likeness (QED) is 0.713. The van der Waals surface area contributed by atoms with Gasteiger partial charge in [-0.2, -0.15) is 0 Å². The van der Waals surface area contributed by atoms with Gasteiger partial charge in [-0.3, -0.25) is 0 Å². The Morgan fingerprint density at radius 3 is 1.90 bits per heavy atom. The lowest BCUT2D eigenvalue weighted by Gasteiger charge is -2.31. The lowest BCUT2D eigenvalue weighted by molar-refractivity contribution is 0.785. The van der Waals surface area contributed by atoms with Crippen LogP contribution in [0.2, 0.25) is 0 Å². The summed E-state index contributed by atoms with van der Waals surface area (Å²) in [6, 6.07) is 13.9. The van der Waals surface area contributed by atoms with Gasteiger partial charge in [-0.25, -0.2) is 0 Å². The first-order valence-corrected chi connectivity index (χ1v) is 7.33. The molecular weight excluding hydrogens is 242 g/mol. The maximum Gasteiger partial charge on any atom is 0.0445 e. The van der Waals surface area contributed by atoms with Gasteiger partial charge in [0, 0.05) is 17.4 Å². The Labute approximate surface area is 123 Å². The highest BCUT2D eigenvalue weighted by Crippen LogP contribution is 2.32. The molecule has 0 fully saturated rings. The van der Waals surface area contributed by atoms with Gasteiger partial charge >= 0.3 is 0 Å². The average molecular weight is 267 g/mol. The van der Waals surface area contributed by atoms with Crippen molar-refractivity contribution in [2.24, 2.45) is 0 Å². The van der Waals surface area contributed by atoms with E-state index in [0.29, 0.717) is 6.04 Å². The summed E-state index contributed by atoms with van der Waals surface area (Å²) in [4.78, 5) is 2.43. The van der Waals surface area contributed by atoms with Gasteiger partial charge < -0.3 is 4.90 Å². The maximum atomic E-state index is 2.43. The lowest BCUT2D eigenvalue weighted by Crippen LogP contribution is -2.26. The molecule has 0 radical (unpaired) electrons. The van der Waals surface area contributed by atoms with Crippen molar-refractivity contribution < 1.29 is 0 Å². The summed E-state index contributed by atoms with van der Waals surface area (Å²) < 4.78 is 0. The molecule has 0 aliphatic heterocycles. The zero-order valence-corrected chi connectivity index (χ0v) is 13.5. The molecule has 0 N–H and O–H groups in total. The predicted octanol–water partition coefficient (Wildman–Crippen LogP) is 5.47. The Balaban J connectivity index is 2.59. The van der Waals surface area contributed by atoms with Gasteiger partial charge in [0.2, 0.25) is 0 Å². The van der Waals surface area contributed by atoms with E-state index < -0.39 is 0 Å². The van der Waals surface area contributed by atoms with E-state index in [0.717, 1.165) is 0 Å². The van der Waals surface area contributed by atoms with Crippen LogP contribution in [-0.2, 0) is 0 Å². The SMILES string of the molecule is Cc1cc(C)cc(N(c2cc(C)ccc2C)C(C)C)c1.